The number of aromatic nitrogens is 1. The fourth-order valence-electron chi connectivity index (χ4n) is 2.77. The zero-order valence-electron chi connectivity index (χ0n) is 10.7. The third-order valence-electron chi connectivity index (χ3n) is 3.74. The summed E-state index contributed by atoms with van der Waals surface area (Å²) in [5.74, 6) is 0.450. The van der Waals surface area contributed by atoms with E-state index in [4.69, 9.17) is 0 Å². The second-order valence-electron chi connectivity index (χ2n) is 4.84. The van der Waals surface area contributed by atoms with Crippen molar-refractivity contribution in [2.24, 2.45) is 0 Å². The second kappa shape index (κ2) is 4.81. The monoisotopic (exact) mass is 238 g/mol. The van der Waals surface area contributed by atoms with Gasteiger partial charge in [-0.25, -0.2) is 0 Å². The van der Waals surface area contributed by atoms with Crippen LogP contribution in [-0.4, -0.2) is 11.5 Å². The highest BCUT2D eigenvalue weighted by molar-refractivity contribution is 5.58. The summed E-state index contributed by atoms with van der Waals surface area (Å²) >= 11 is 0. The van der Waals surface area contributed by atoms with Crippen molar-refractivity contribution in [3.63, 3.8) is 0 Å². The number of nitrogens with zero attached hydrogens (tertiary/aromatic N) is 1. The minimum atomic E-state index is 0.450. The van der Waals surface area contributed by atoms with E-state index in [-0.39, 0.29) is 0 Å². The topological polar surface area (TPSA) is 24.9 Å². The molecule has 3 rings (SSSR count). The van der Waals surface area contributed by atoms with Gasteiger partial charge in [-0.15, -0.1) is 0 Å². The van der Waals surface area contributed by atoms with E-state index in [0.717, 1.165) is 19.4 Å². The third-order valence-corrected chi connectivity index (χ3v) is 3.74. The number of pyridine rings is 1. The van der Waals surface area contributed by atoms with Crippen LogP contribution in [0, 0.1) is 0 Å². The van der Waals surface area contributed by atoms with E-state index in [1.54, 1.807) is 0 Å². The Balaban J connectivity index is 1.97. The van der Waals surface area contributed by atoms with Crippen molar-refractivity contribution in [3.05, 3.63) is 59.4 Å². The van der Waals surface area contributed by atoms with E-state index in [1.807, 2.05) is 18.5 Å². The Morgan fingerprint density at radius 3 is 3.00 bits per heavy atom. The fourth-order valence-corrected chi connectivity index (χ4v) is 2.77. The molecule has 0 saturated heterocycles. The van der Waals surface area contributed by atoms with Gasteiger partial charge in [-0.3, -0.25) is 4.98 Å². The molecule has 1 aromatic heterocycles. The van der Waals surface area contributed by atoms with Gasteiger partial charge in [0.05, 0.1) is 0 Å². The van der Waals surface area contributed by atoms with E-state index >= 15 is 0 Å². The van der Waals surface area contributed by atoms with E-state index in [1.165, 1.54) is 22.4 Å². The van der Waals surface area contributed by atoms with Gasteiger partial charge >= 0.3 is 0 Å². The van der Waals surface area contributed by atoms with E-state index < -0.39 is 0 Å². The maximum absolute atomic E-state index is 4.24. The molecule has 0 radical (unpaired) electrons. The van der Waals surface area contributed by atoms with Gasteiger partial charge in [0.15, 0.2) is 0 Å². The number of hydrogen-bond donors (Lipinski definition) is 1. The van der Waals surface area contributed by atoms with Crippen LogP contribution in [-0.2, 0) is 6.42 Å². The number of rotatable bonds is 3. The number of benzene rings is 1. The van der Waals surface area contributed by atoms with Crippen LogP contribution in [0.25, 0.3) is 0 Å². The van der Waals surface area contributed by atoms with Crippen molar-refractivity contribution >= 4 is 5.69 Å². The van der Waals surface area contributed by atoms with Crippen molar-refractivity contribution in [3.8, 4) is 0 Å². The Labute approximate surface area is 108 Å². The number of anilines is 1. The SMILES string of the molecule is CCC(c1cccnc1)c1ccc2c(c1)NCC2. The van der Waals surface area contributed by atoms with Crippen LogP contribution < -0.4 is 5.32 Å². The molecule has 0 saturated carbocycles. The minimum absolute atomic E-state index is 0.450. The van der Waals surface area contributed by atoms with Crippen molar-refractivity contribution in [1.29, 1.82) is 0 Å². The first-order chi connectivity index (χ1) is 8.88. The molecule has 2 heterocycles. The number of nitrogens with one attached hydrogen (secondary N) is 1. The van der Waals surface area contributed by atoms with Gasteiger partial charge in [0, 0.05) is 30.5 Å². The molecule has 1 N–H and O–H groups in total. The van der Waals surface area contributed by atoms with Crippen molar-refractivity contribution in [2.45, 2.75) is 25.7 Å². The summed E-state index contributed by atoms with van der Waals surface area (Å²) in [5, 5.41) is 3.46. The van der Waals surface area contributed by atoms with E-state index in [0.29, 0.717) is 5.92 Å². The molecule has 0 amide bonds. The highest BCUT2D eigenvalue weighted by atomic mass is 14.9. The summed E-state index contributed by atoms with van der Waals surface area (Å²) in [6.45, 7) is 3.31. The van der Waals surface area contributed by atoms with Gasteiger partial charge in [0.25, 0.3) is 0 Å². The van der Waals surface area contributed by atoms with Crippen LogP contribution in [0.15, 0.2) is 42.7 Å². The molecule has 0 aliphatic carbocycles. The quantitative estimate of drug-likeness (QED) is 0.884. The summed E-state index contributed by atoms with van der Waals surface area (Å²) in [5.41, 5.74) is 5.45. The van der Waals surface area contributed by atoms with Gasteiger partial charge in [-0.1, -0.05) is 25.1 Å². The van der Waals surface area contributed by atoms with Gasteiger partial charge in [0.2, 0.25) is 0 Å². The van der Waals surface area contributed by atoms with Gasteiger partial charge < -0.3 is 5.32 Å². The molecule has 0 fully saturated rings. The second-order valence-corrected chi connectivity index (χ2v) is 4.84. The lowest BCUT2D eigenvalue weighted by atomic mass is 9.89. The predicted octanol–water partition coefficient (Wildman–Crippen LogP) is 3.59. The largest absolute Gasteiger partial charge is 0.384 e. The van der Waals surface area contributed by atoms with Crippen molar-refractivity contribution < 1.29 is 0 Å². The zero-order valence-corrected chi connectivity index (χ0v) is 10.7. The Hall–Kier alpha value is -1.83. The lowest BCUT2D eigenvalue weighted by molar-refractivity contribution is 0.773. The van der Waals surface area contributed by atoms with Crippen LogP contribution in [0.3, 0.4) is 0 Å². The molecule has 2 aromatic rings. The van der Waals surface area contributed by atoms with Crippen molar-refractivity contribution in [2.75, 3.05) is 11.9 Å². The standard InChI is InChI=1S/C16H18N2/c1-2-15(14-4-3-8-17-11-14)13-6-5-12-7-9-18-16(12)10-13/h3-6,8,10-11,15,18H,2,7,9H2,1H3. The van der Waals surface area contributed by atoms with E-state index in [9.17, 15) is 0 Å². The molecule has 1 atom stereocenters. The molecule has 0 spiro atoms. The maximum atomic E-state index is 4.24. The first kappa shape index (κ1) is 11.3. The number of hydrogen-bond acceptors (Lipinski definition) is 2. The lowest BCUT2D eigenvalue weighted by Crippen LogP contribution is -2.01. The molecule has 1 aliphatic rings. The van der Waals surface area contributed by atoms with E-state index in [2.05, 4.69) is 41.5 Å². The molecule has 1 aliphatic heterocycles. The Bertz CT molecular complexity index is 534. The minimum Gasteiger partial charge on any atom is -0.384 e. The Morgan fingerprint density at radius 2 is 2.22 bits per heavy atom. The van der Waals surface area contributed by atoms with Crippen LogP contribution in [0.2, 0.25) is 0 Å². The first-order valence-electron chi connectivity index (χ1n) is 6.65. The first-order valence-corrected chi connectivity index (χ1v) is 6.65. The van der Waals surface area contributed by atoms with Crippen LogP contribution in [0.4, 0.5) is 5.69 Å². The summed E-state index contributed by atoms with van der Waals surface area (Å²) in [6, 6.07) is 11.0. The smallest absolute Gasteiger partial charge is 0.0376 e. The maximum Gasteiger partial charge on any atom is 0.0376 e. The third kappa shape index (κ3) is 1.99. The average Bonchev–Trinajstić information content (AvgIpc) is 2.88. The molecule has 1 aromatic carbocycles. The normalized spacial score (nSPS) is 14.9. The fraction of sp³-hybridized carbons (Fsp3) is 0.312. The highest BCUT2D eigenvalue weighted by Gasteiger charge is 2.16. The van der Waals surface area contributed by atoms with Crippen LogP contribution >= 0.6 is 0 Å². The molecule has 92 valence electrons. The molecule has 2 nitrogen and oxygen atoms in total. The molecule has 18 heavy (non-hydrogen) atoms. The summed E-state index contributed by atoms with van der Waals surface area (Å²) < 4.78 is 0. The van der Waals surface area contributed by atoms with Crippen LogP contribution in [0.1, 0.15) is 36.0 Å². The molecular weight excluding hydrogens is 220 g/mol. The summed E-state index contributed by atoms with van der Waals surface area (Å²) in [7, 11) is 0. The summed E-state index contributed by atoms with van der Waals surface area (Å²) in [4.78, 5) is 4.24. The molecular formula is C16H18N2. The van der Waals surface area contributed by atoms with Crippen LogP contribution in [0.5, 0.6) is 0 Å². The zero-order chi connectivity index (χ0) is 12.4. The Kier molecular flexibility index (Phi) is 3.01. The predicted molar refractivity (Wildman–Crippen MR) is 75.0 cm³/mol. The Morgan fingerprint density at radius 1 is 1.28 bits per heavy atom. The lowest BCUT2D eigenvalue weighted by Gasteiger charge is -2.16. The molecule has 1 unspecified atom stereocenters. The van der Waals surface area contributed by atoms with Crippen molar-refractivity contribution in [1.82, 2.24) is 4.98 Å². The average molecular weight is 238 g/mol. The highest BCUT2D eigenvalue weighted by Crippen LogP contribution is 2.32. The van der Waals surface area contributed by atoms with Gasteiger partial charge in [0.1, 0.15) is 0 Å². The summed E-state index contributed by atoms with van der Waals surface area (Å²) in [6.07, 6.45) is 6.07. The van der Waals surface area contributed by atoms with Gasteiger partial charge in [-0.05, 0) is 41.7 Å². The molecule has 2 heteroatoms. The van der Waals surface area contributed by atoms with Gasteiger partial charge in [-0.2, -0.15) is 0 Å². The molecule has 0 bridgehead atoms. The number of fused-ring (bicyclic) bond motifs is 1.